The van der Waals surface area contributed by atoms with Crippen molar-refractivity contribution < 1.29 is 9.47 Å². The van der Waals surface area contributed by atoms with Crippen molar-refractivity contribution in [1.82, 2.24) is 4.90 Å². The second kappa shape index (κ2) is 14.8. The molecule has 0 unspecified atom stereocenters. The molecule has 0 fully saturated rings. The van der Waals surface area contributed by atoms with Gasteiger partial charge in [0.1, 0.15) is 12.4 Å². The second-order valence-electron chi connectivity index (χ2n) is 8.56. The van der Waals surface area contributed by atoms with E-state index in [0.717, 1.165) is 55.8 Å². The number of hydrogen-bond donors (Lipinski definition) is 1. The molecule has 5 heteroatoms. The van der Waals surface area contributed by atoms with Crippen LogP contribution in [0.4, 0.5) is 0 Å². The molecule has 2 rings (SSSR count). The van der Waals surface area contributed by atoms with Crippen LogP contribution < -0.4 is 10.5 Å². The number of aliphatic imine (C=N–C) groups is 1. The molecule has 0 aliphatic heterocycles. The first-order valence-corrected chi connectivity index (χ1v) is 12.2. The SMILES string of the molecule is C=C(OCc1ccccc1)N(CCC)Cc1ccc(OCC/C(N=C(C)N)=C(\C)CCC)cc1. The minimum absolute atomic E-state index is 0.522. The van der Waals surface area contributed by atoms with Crippen molar-refractivity contribution in [2.24, 2.45) is 10.7 Å². The van der Waals surface area contributed by atoms with E-state index in [0.29, 0.717) is 24.9 Å². The summed E-state index contributed by atoms with van der Waals surface area (Å²) < 4.78 is 11.9. The topological polar surface area (TPSA) is 60.1 Å². The van der Waals surface area contributed by atoms with E-state index >= 15 is 0 Å². The van der Waals surface area contributed by atoms with Crippen molar-refractivity contribution in [2.45, 2.75) is 66.5 Å². The predicted octanol–water partition coefficient (Wildman–Crippen LogP) is 6.81. The molecule has 2 N–H and O–H groups in total. The number of amidine groups is 1. The van der Waals surface area contributed by atoms with Crippen molar-refractivity contribution in [2.75, 3.05) is 13.2 Å². The lowest BCUT2D eigenvalue weighted by Gasteiger charge is -2.26. The van der Waals surface area contributed by atoms with Gasteiger partial charge in [-0.2, -0.15) is 0 Å². The summed E-state index contributed by atoms with van der Waals surface area (Å²) >= 11 is 0. The van der Waals surface area contributed by atoms with Crippen molar-refractivity contribution in [3.05, 3.63) is 89.5 Å². The Morgan fingerprint density at radius 1 is 0.941 bits per heavy atom. The zero-order chi connectivity index (χ0) is 24.8. The maximum atomic E-state index is 5.99. The predicted molar refractivity (Wildman–Crippen MR) is 143 cm³/mol. The molecule has 184 valence electrons. The quantitative estimate of drug-likeness (QED) is 0.179. The van der Waals surface area contributed by atoms with E-state index in [1.807, 2.05) is 37.3 Å². The molecule has 0 amide bonds. The van der Waals surface area contributed by atoms with E-state index in [9.17, 15) is 0 Å². The third-order valence-electron chi connectivity index (χ3n) is 5.43. The minimum atomic E-state index is 0.522. The molecule has 2 aromatic rings. The van der Waals surface area contributed by atoms with Gasteiger partial charge >= 0.3 is 0 Å². The van der Waals surface area contributed by atoms with Gasteiger partial charge < -0.3 is 20.1 Å². The van der Waals surface area contributed by atoms with Crippen LogP contribution in [0.2, 0.25) is 0 Å². The van der Waals surface area contributed by atoms with Gasteiger partial charge in [-0.15, -0.1) is 0 Å². The summed E-state index contributed by atoms with van der Waals surface area (Å²) in [4.78, 5) is 6.69. The van der Waals surface area contributed by atoms with Gasteiger partial charge in [-0.1, -0.05) is 68.3 Å². The number of ether oxygens (including phenoxy) is 2. The molecule has 0 aliphatic carbocycles. The van der Waals surface area contributed by atoms with Gasteiger partial charge in [-0.05, 0) is 56.5 Å². The van der Waals surface area contributed by atoms with Crippen LogP contribution in [0.1, 0.15) is 64.5 Å². The summed E-state index contributed by atoms with van der Waals surface area (Å²) in [6.45, 7) is 15.2. The average molecular weight is 464 g/mol. The maximum absolute atomic E-state index is 5.99. The van der Waals surface area contributed by atoms with Crippen LogP contribution in [-0.4, -0.2) is 23.9 Å². The van der Waals surface area contributed by atoms with E-state index in [1.165, 1.54) is 11.1 Å². The molecule has 2 aromatic carbocycles. The van der Waals surface area contributed by atoms with Gasteiger partial charge in [0, 0.05) is 25.2 Å². The fourth-order valence-corrected chi connectivity index (χ4v) is 3.67. The first kappa shape index (κ1) is 27.0. The smallest absolute Gasteiger partial charge is 0.182 e. The number of hydrogen-bond acceptors (Lipinski definition) is 4. The van der Waals surface area contributed by atoms with Crippen molar-refractivity contribution in [3.8, 4) is 5.75 Å². The van der Waals surface area contributed by atoms with E-state index in [1.54, 1.807) is 0 Å². The molecule has 0 bridgehead atoms. The standard InChI is InChI=1S/C29H41N3O2/c1-6-11-23(3)29(31-24(4)30)18-20-33-28-16-14-26(15-17-28)21-32(19-7-2)25(5)34-22-27-12-9-8-10-13-27/h8-10,12-17H,5-7,11,18-22H2,1-4H3,(H2,30,31)/b29-23-. The Labute approximate surface area is 206 Å². The van der Waals surface area contributed by atoms with Crippen LogP contribution in [0.25, 0.3) is 0 Å². The van der Waals surface area contributed by atoms with E-state index in [-0.39, 0.29) is 0 Å². The number of allylic oxidation sites excluding steroid dienone is 1. The summed E-state index contributed by atoms with van der Waals surface area (Å²) in [5.74, 6) is 2.13. The highest BCUT2D eigenvalue weighted by atomic mass is 16.5. The Balaban J connectivity index is 1.90. The third kappa shape index (κ3) is 9.74. The van der Waals surface area contributed by atoms with E-state index in [2.05, 4.69) is 61.5 Å². The zero-order valence-corrected chi connectivity index (χ0v) is 21.3. The molecule has 0 saturated carbocycles. The molecule has 0 radical (unpaired) electrons. The van der Waals surface area contributed by atoms with E-state index in [4.69, 9.17) is 15.2 Å². The lowest BCUT2D eigenvalue weighted by molar-refractivity contribution is 0.0990. The highest BCUT2D eigenvalue weighted by molar-refractivity contribution is 5.78. The third-order valence-corrected chi connectivity index (χ3v) is 5.43. The monoisotopic (exact) mass is 463 g/mol. The molecule has 0 heterocycles. The van der Waals surface area contributed by atoms with E-state index < -0.39 is 0 Å². The molecule has 0 atom stereocenters. The van der Waals surface area contributed by atoms with Gasteiger partial charge in [-0.3, -0.25) is 0 Å². The molecular weight excluding hydrogens is 422 g/mol. The van der Waals surface area contributed by atoms with Crippen LogP contribution in [0.5, 0.6) is 5.75 Å². The summed E-state index contributed by atoms with van der Waals surface area (Å²) in [6, 6.07) is 18.4. The van der Waals surface area contributed by atoms with Gasteiger partial charge in [0.2, 0.25) is 0 Å². The summed E-state index contributed by atoms with van der Waals surface area (Å²) in [5.41, 5.74) is 10.4. The number of rotatable bonds is 15. The lowest BCUT2D eigenvalue weighted by Crippen LogP contribution is -2.24. The van der Waals surface area contributed by atoms with Crippen molar-refractivity contribution in [3.63, 3.8) is 0 Å². The lowest BCUT2D eigenvalue weighted by atomic mass is 10.1. The highest BCUT2D eigenvalue weighted by Crippen LogP contribution is 2.19. The number of nitrogens with zero attached hydrogens (tertiary/aromatic N) is 2. The molecule has 0 aliphatic rings. The summed E-state index contributed by atoms with van der Waals surface area (Å²) in [5, 5.41) is 0. The Morgan fingerprint density at radius 2 is 1.65 bits per heavy atom. The normalized spacial score (nSPS) is 12.2. The van der Waals surface area contributed by atoms with Crippen molar-refractivity contribution in [1.29, 1.82) is 0 Å². The van der Waals surface area contributed by atoms with Crippen LogP contribution in [0.15, 0.2) is 83.3 Å². The maximum Gasteiger partial charge on any atom is 0.182 e. The molecule has 0 spiro atoms. The fraction of sp³-hybridized carbons (Fsp3) is 0.414. The average Bonchev–Trinajstić information content (AvgIpc) is 2.83. The number of benzene rings is 2. The molecular formula is C29H41N3O2. The van der Waals surface area contributed by atoms with Crippen LogP contribution >= 0.6 is 0 Å². The summed E-state index contributed by atoms with van der Waals surface area (Å²) in [6.07, 6.45) is 3.88. The highest BCUT2D eigenvalue weighted by Gasteiger charge is 2.10. The Morgan fingerprint density at radius 3 is 2.26 bits per heavy atom. The van der Waals surface area contributed by atoms with Crippen LogP contribution in [0.3, 0.4) is 0 Å². The number of nitrogens with two attached hydrogens (primary N) is 1. The molecule has 5 nitrogen and oxygen atoms in total. The molecule has 34 heavy (non-hydrogen) atoms. The molecule has 0 aromatic heterocycles. The fourth-order valence-electron chi connectivity index (χ4n) is 3.67. The van der Waals surface area contributed by atoms with Gasteiger partial charge in [0.05, 0.1) is 12.4 Å². The Kier molecular flexibility index (Phi) is 11.8. The van der Waals surface area contributed by atoms with Crippen LogP contribution in [0, 0.1) is 0 Å². The zero-order valence-electron chi connectivity index (χ0n) is 21.3. The Hall–Kier alpha value is -3.21. The van der Waals surface area contributed by atoms with Gasteiger partial charge in [0.25, 0.3) is 0 Å². The van der Waals surface area contributed by atoms with Gasteiger partial charge in [0.15, 0.2) is 5.88 Å². The van der Waals surface area contributed by atoms with Crippen molar-refractivity contribution >= 4 is 5.84 Å². The van der Waals surface area contributed by atoms with Crippen LogP contribution in [-0.2, 0) is 17.9 Å². The Bertz CT molecular complexity index is 930. The minimum Gasteiger partial charge on any atom is -0.493 e. The first-order chi connectivity index (χ1) is 16.4. The van der Waals surface area contributed by atoms with Gasteiger partial charge in [-0.25, -0.2) is 4.99 Å². The second-order valence-corrected chi connectivity index (χ2v) is 8.56. The summed E-state index contributed by atoms with van der Waals surface area (Å²) in [7, 11) is 0. The first-order valence-electron chi connectivity index (χ1n) is 12.2. The largest absolute Gasteiger partial charge is 0.493 e. The molecule has 0 saturated heterocycles.